The van der Waals surface area contributed by atoms with Crippen LogP contribution in [0.3, 0.4) is 0 Å². The zero-order valence-electron chi connectivity index (χ0n) is 9.54. The first kappa shape index (κ1) is 10.7. The first-order valence-corrected chi connectivity index (χ1v) is 6.04. The lowest BCUT2D eigenvalue weighted by Crippen LogP contribution is -2.58. The second-order valence-electron chi connectivity index (χ2n) is 5.06. The molecule has 0 amide bonds. The average Bonchev–Trinajstić information content (AvgIpc) is 3.19. The average molecular weight is 236 g/mol. The number of carboxylic acid groups (broad SMARTS) is 1. The van der Waals surface area contributed by atoms with Crippen LogP contribution in [0.5, 0.6) is 0 Å². The molecular weight excluding hydrogens is 220 g/mol. The Balaban J connectivity index is 1.84. The molecule has 1 unspecified atom stereocenters. The van der Waals surface area contributed by atoms with Gasteiger partial charge in [-0.3, -0.25) is 14.8 Å². The number of aromatic nitrogens is 3. The Kier molecular flexibility index (Phi) is 2.39. The van der Waals surface area contributed by atoms with E-state index in [1.807, 2.05) is 0 Å². The lowest BCUT2D eigenvalue weighted by molar-refractivity contribution is -0.147. The molecule has 1 heterocycles. The van der Waals surface area contributed by atoms with E-state index in [1.165, 1.54) is 6.33 Å². The maximum Gasteiger partial charge on any atom is 0.326 e. The summed E-state index contributed by atoms with van der Waals surface area (Å²) in [7, 11) is 0. The Hall–Kier alpha value is -1.43. The molecule has 0 aromatic carbocycles. The minimum atomic E-state index is -0.852. The molecule has 2 fully saturated rings. The Morgan fingerprint density at radius 2 is 2.24 bits per heavy atom. The summed E-state index contributed by atoms with van der Waals surface area (Å²) in [4.78, 5) is 15.5. The van der Waals surface area contributed by atoms with Gasteiger partial charge in [0.25, 0.3) is 0 Å². The highest BCUT2D eigenvalue weighted by molar-refractivity contribution is 5.80. The summed E-state index contributed by atoms with van der Waals surface area (Å²) >= 11 is 0. The molecule has 6 nitrogen and oxygen atoms in total. The van der Waals surface area contributed by atoms with Crippen LogP contribution in [0.25, 0.3) is 0 Å². The zero-order valence-corrected chi connectivity index (χ0v) is 9.54. The number of rotatable bonds is 6. The van der Waals surface area contributed by atoms with Gasteiger partial charge in [-0.1, -0.05) is 0 Å². The van der Waals surface area contributed by atoms with E-state index in [0.29, 0.717) is 12.6 Å². The molecule has 0 radical (unpaired) electrons. The predicted octanol–water partition coefficient (Wildman–Crippen LogP) is 0.263. The number of carbonyl (C=O) groups is 1. The van der Waals surface area contributed by atoms with E-state index in [4.69, 9.17) is 0 Å². The highest BCUT2D eigenvalue weighted by atomic mass is 16.4. The maximum atomic E-state index is 11.7. The minimum Gasteiger partial charge on any atom is -0.480 e. The molecule has 1 aromatic rings. The summed E-state index contributed by atoms with van der Waals surface area (Å²) in [5.41, 5.74) is -0.852. The van der Waals surface area contributed by atoms with E-state index < -0.39 is 11.5 Å². The second kappa shape index (κ2) is 3.80. The van der Waals surface area contributed by atoms with Crippen molar-refractivity contribution in [2.24, 2.45) is 5.92 Å². The molecular formula is C11H16N4O2. The van der Waals surface area contributed by atoms with Crippen LogP contribution in [0.1, 0.15) is 25.7 Å². The summed E-state index contributed by atoms with van der Waals surface area (Å²) < 4.78 is 1.61. The first-order valence-electron chi connectivity index (χ1n) is 6.04. The van der Waals surface area contributed by atoms with E-state index in [-0.39, 0.29) is 5.92 Å². The van der Waals surface area contributed by atoms with Gasteiger partial charge in [0.1, 0.15) is 18.2 Å². The zero-order chi connectivity index (χ0) is 11.9. The van der Waals surface area contributed by atoms with Gasteiger partial charge in [-0.05, 0) is 31.6 Å². The highest BCUT2D eigenvalue weighted by Gasteiger charge is 2.53. The van der Waals surface area contributed by atoms with Gasteiger partial charge in [-0.25, -0.2) is 4.98 Å². The molecule has 0 aliphatic heterocycles. The SMILES string of the molecule is O=C(O)C(Cn1cncn1)(NC1CC1)C1CC1. The second-order valence-corrected chi connectivity index (χ2v) is 5.06. The number of hydrogen-bond donors (Lipinski definition) is 2. The molecule has 17 heavy (non-hydrogen) atoms. The molecule has 0 spiro atoms. The number of hydrogen-bond acceptors (Lipinski definition) is 4. The lowest BCUT2D eigenvalue weighted by Gasteiger charge is -2.30. The fraction of sp³-hybridized carbons (Fsp3) is 0.727. The molecule has 2 aliphatic rings. The van der Waals surface area contributed by atoms with Crippen LogP contribution in [0, 0.1) is 5.92 Å². The van der Waals surface area contributed by atoms with Gasteiger partial charge < -0.3 is 5.11 Å². The van der Waals surface area contributed by atoms with Crippen LogP contribution in [-0.4, -0.2) is 37.4 Å². The van der Waals surface area contributed by atoms with Crippen LogP contribution in [0.15, 0.2) is 12.7 Å². The van der Waals surface area contributed by atoms with Crippen molar-refractivity contribution in [3.05, 3.63) is 12.7 Å². The Labute approximate surface area is 99.0 Å². The standard InChI is InChI=1S/C11H16N4O2/c16-10(17)11(8-1-2-8,14-9-3-4-9)5-15-7-12-6-13-15/h6-9,14H,1-5H2,(H,16,17). The molecule has 2 saturated carbocycles. The number of nitrogens with one attached hydrogen (secondary N) is 1. The van der Waals surface area contributed by atoms with Gasteiger partial charge in [-0.15, -0.1) is 0 Å². The summed E-state index contributed by atoms with van der Waals surface area (Å²) in [6, 6.07) is 0.371. The van der Waals surface area contributed by atoms with Crippen molar-refractivity contribution in [2.75, 3.05) is 0 Å². The largest absolute Gasteiger partial charge is 0.480 e. The number of carboxylic acids is 1. The molecule has 1 aromatic heterocycles. The topological polar surface area (TPSA) is 80.0 Å². The molecule has 0 bridgehead atoms. The van der Waals surface area contributed by atoms with E-state index in [2.05, 4.69) is 15.4 Å². The predicted molar refractivity (Wildman–Crippen MR) is 59.3 cm³/mol. The van der Waals surface area contributed by atoms with Crippen molar-refractivity contribution in [3.63, 3.8) is 0 Å². The monoisotopic (exact) mass is 236 g/mol. The van der Waals surface area contributed by atoms with Crippen molar-refractivity contribution in [2.45, 2.75) is 43.8 Å². The summed E-state index contributed by atoms with van der Waals surface area (Å²) in [6.45, 7) is 0.365. The van der Waals surface area contributed by atoms with E-state index >= 15 is 0 Å². The van der Waals surface area contributed by atoms with Gasteiger partial charge in [0.15, 0.2) is 0 Å². The summed E-state index contributed by atoms with van der Waals surface area (Å²) in [5, 5.41) is 16.9. The normalized spacial score (nSPS) is 23.3. The van der Waals surface area contributed by atoms with Gasteiger partial charge >= 0.3 is 5.97 Å². The van der Waals surface area contributed by atoms with Crippen LogP contribution < -0.4 is 5.32 Å². The Morgan fingerprint density at radius 3 is 2.71 bits per heavy atom. The third-order valence-corrected chi connectivity index (χ3v) is 3.57. The third-order valence-electron chi connectivity index (χ3n) is 3.57. The van der Waals surface area contributed by atoms with Crippen molar-refractivity contribution in [1.29, 1.82) is 0 Å². The first-order chi connectivity index (χ1) is 8.21. The van der Waals surface area contributed by atoms with Crippen LogP contribution >= 0.6 is 0 Å². The molecule has 1 atom stereocenters. The molecule has 92 valence electrons. The maximum absolute atomic E-state index is 11.7. The minimum absolute atomic E-state index is 0.227. The lowest BCUT2D eigenvalue weighted by atomic mass is 9.93. The molecule has 2 N–H and O–H groups in total. The smallest absolute Gasteiger partial charge is 0.326 e. The quantitative estimate of drug-likeness (QED) is 0.740. The fourth-order valence-corrected chi connectivity index (χ4v) is 2.33. The number of nitrogens with zero attached hydrogens (tertiary/aromatic N) is 3. The van der Waals surface area contributed by atoms with Crippen molar-refractivity contribution >= 4 is 5.97 Å². The van der Waals surface area contributed by atoms with Gasteiger partial charge in [0.05, 0.1) is 6.54 Å². The fourth-order valence-electron chi connectivity index (χ4n) is 2.33. The van der Waals surface area contributed by atoms with Crippen molar-refractivity contribution in [1.82, 2.24) is 20.1 Å². The van der Waals surface area contributed by atoms with Crippen LogP contribution in [0.2, 0.25) is 0 Å². The molecule has 6 heteroatoms. The Bertz CT molecular complexity index is 411. The van der Waals surface area contributed by atoms with Gasteiger partial charge in [0, 0.05) is 6.04 Å². The summed E-state index contributed by atoms with van der Waals surface area (Å²) in [6.07, 6.45) is 7.16. The van der Waals surface area contributed by atoms with E-state index in [9.17, 15) is 9.90 Å². The summed E-state index contributed by atoms with van der Waals surface area (Å²) in [5.74, 6) is -0.535. The van der Waals surface area contributed by atoms with Crippen molar-refractivity contribution in [3.8, 4) is 0 Å². The molecule has 3 rings (SSSR count). The third kappa shape index (κ3) is 2.04. The molecule has 0 saturated heterocycles. The van der Waals surface area contributed by atoms with Gasteiger partial charge in [-0.2, -0.15) is 5.10 Å². The number of aliphatic carboxylic acids is 1. The van der Waals surface area contributed by atoms with Crippen LogP contribution in [0.4, 0.5) is 0 Å². The molecule has 2 aliphatic carbocycles. The van der Waals surface area contributed by atoms with E-state index in [1.54, 1.807) is 11.0 Å². The Morgan fingerprint density at radius 1 is 1.47 bits per heavy atom. The van der Waals surface area contributed by atoms with E-state index in [0.717, 1.165) is 25.7 Å². The van der Waals surface area contributed by atoms with Crippen molar-refractivity contribution < 1.29 is 9.90 Å². The highest BCUT2D eigenvalue weighted by Crippen LogP contribution is 2.42. The van der Waals surface area contributed by atoms with Gasteiger partial charge in [0.2, 0.25) is 0 Å². The van der Waals surface area contributed by atoms with Crippen LogP contribution in [-0.2, 0) is 11.3 Å².